The first-order valence-corrected chi connectivity index (χ1v) is 11.2. The number of furan rings is 1. The largest absolute Gasteiger partial charge is 0.451 e. The number of piperazine rings is 1. The molecule has 31 heavy (non-hydrogen) atoms. The molecule has 3 aromatic rings. The lowest BCUT2D eigenvalue weighted by molar-refractivity contribution is 0.0997. The smallest absolute Gasteiger partial charge is 0.291 e. The zero-order chi connectivity index (χ0) is 22.0. The Morgan fingerprint density at radius 1 is 0.935 bits per heavy atom. The molecule has 0 unspecified atom stereocenters. The van der Waals surface area contributed by atoms with Gasteiger partial charge >= 0.3 is 0 Å². The number of benzene rings is 2. The average molecular weight is 479 g/mol. The molecule has 2 aromatic carbocycles. The second kappa shape index (κ2) is 9.53. The molecule has 1 saturated heterocycles. The highest BCUT2D eigenvalue weighted by Gasteiger charge is 2.19. The van der Waals surface area contributed by atoms with E-state index in [0.29, 0.717) is 26.5 Å². The van der Waals surface area contributed by atoms with Gasteiger partial charge in [-0.25, -0.2) is 0 Å². The van der Waals surface area contributed by atoms with Crippen molar-refractivity contribution in [2.24, 2.45) is 0 Å². The number of halogens is 3. The van der Waals surface area contributed by atoms with Crippen molar-refractivity contribution in [3.63, 3.8) is 0 Å². The number of likely N-dealkylation sites (N-methyl/N-ethyl adjacent to an activating group) is 1. The van der Waals surface area contributed by atoms with Gasteiger partial charge in [0.05, 0.1) is 20.8 Å². The van der Waals surface area contributed by atoms with Crippen LogP contribution in [0.3, 0.4) is 0 Å². The van der Waals surface area contributed by atoms with Crippen molar-refractivity contribution in [1.29, 1.82) is 0 Å². The number of carbonyl (C=O) groups excluding carboxylic acids is 1. The Bertz CT molecular complexity index is 1090. The molecule has 8 heteroatoms. The normalized spacial score (nSPS) is 14.6. The Hall–Kier alpha value is -2.18. The van der Waals surface area contributed by atoms with Crippen LogP contribution in [0, 0.1) is 0 Å². The van der Waals surface area contributed by atoms with E-state index in [1.54, 1.807) is 36.4 Å². The SMILES string of the molecule is CCN1CCN(c2ccc(NC(=O)c3ccc(-c4ccc(Cl)c(Cl)c4)o3)cc2Cl)CC1. The number of amides is 1. The fourth-order valence-corrected chi connectivity index (χ4v) is 4.20. The van der Waals surface area contributed by atoms with E-state index < -0.39 is 0 Å². The third-order valence-electron chi connectivity index (χ3n) is 5.40. The summed E-state index contributed by atoms with van der Waals surface area (Å²) in [5.74, 6) is 0.368. The van der Waals surface area contributed by atoms with Crippen LogP contribution >= 0.6 is 34.8 Å². The summed E-state index contributed by atoms with van der Waals surface area (Å²) in [4.78, 5) is 17.3. The predicted octanol–water partition coefficient (Wildman–Crippen LogP) is 6.30. The van der Waals surface area contributed by atoms with Crippen molar-refractivity contribution < 1.29 is 9.21 Å². The van der Waals surface area contributed by atoms with Gasteiger partial charge in [-0.1, -0.05) is 41.7 Å². The molecular weight excluding hydrogens is 457 g/mol. The highest BCUT2D eigenvalue weighted by atomic mass is 35.5. The molecule has 0 saturated carbocycles. The Morgan fingerprint density at radius 2 is 1.71 bits per heavy atom. The van der Waals surface area contributed by atoms with Gasteiger partial charge in [0.15, 0.2) is 5.76 Å². The van der Waals surface area contributed by atoms with E-state index in [2.05, 4.69) is 22.0 Å². The molecule has 1 N–H and O–H groups in total. The molecule has 0 spiro atoms. The molecule has 2 heterocycles. The second-order valence-corrected chi connectivity index (χ2v) is 8.56. The third kappa shape index (κ3) is 5.01. The summed E-state index contributed by atoms with van der Waals surface area (Å²) < 4.78 is 5.71. The lowest BCUT2D eigenvalue weighted by Gasteiger charge is -2.36. The first-order valence-electron chi connectivity index (χ1n) is 10.1. The first-order chi connectivity index (χ1) is 14.9. The number of carbonyl (C=O) groups is 1. The molecule has 5 nitrogen and oxygen atoms in total. The molecule has 1 aliphatic heterocycles. The summed E-state index contributed by atoms with van der Waals surface area (Å²) in [6.07, 6.45) is 0. The molecule has 4 rings (SSSR count). The highest BCUT2D eigenvalue weighted by Crippen LogP contribution is 2.31. The first kappa shape index (κ1) is 22.0. The van der Waals surface area contributed by atoms with Gasteiger partial charge in [0.2, 0.25) is 0 Å². The van der Waals surface area contributed by atoms with E-state index >= 15 is 0 Å². The number of hydrogen-bond acceptors (Lipinski definition) is 4. The van der Waals surface area contributed by atoms with Crippen LogP contribution in [0.5, 0.6) is 0 Å². The van der Waals surface area contributed by atoms with Crippen LogP contribution in [0.4, 0.5) is 11.4 Å². The lowest BCUT2D eigenvalue weighted by Crippen LogP contribution is -2.46. The lowest BCUT2D eigenvalue weighted by atomic mass is 10.2. The number of hydrogen-bond donors (Lipinski definition) is 1. The fraction of sp³-hybridized carbons (Fsp3) is 0.261. The molecule has 1 fully saturated rings. The molecule has 0 bridgehead atoms. The quantitative estimate of drug-likeness (QED) is 0.467. The van der Waals surface area contributed by atoms with E-state index in [-0.39, 0.29) is 11.7 Å². The number of nitrogens with one attached hydrogen (secondary N) is 1. The zero-order valence-electron chi connectivity index (χ0n) is 17.0. The van der Waals surface area contributed by atoms with Gasteiger partial charge in [0.1, 0.15) is 5.76 Å². The summed E-state index contributed by atoms with van der Waals surface area (Å²) in [5.41, 5.74) is 2.33. The van der Waals surface area contributed by atoms with E-state index in [1.165, 1.54) is 0 Å². The van der Waals surface area contributed by atoms with Crippen LogP contribution in [-0.2, 0) is 0 Å². The van der Waals surface area contributed by atoms with Gasteiger partial charge in [-0.3, -0.25) is 4.79 Å². The molecule has 1 aromatic heterocycles. The highest BCUT2D eigenvalue weighted by molar-refractivity contribution is 6.42. The maximum Gasteiger partial charge on any atom is 0.291 e. The van der Waals surface area contributed by atoms with E-state index in [4.69, 9.17) is 39.2 Å². The van der Waals surface area contributed by atoms with Crippen molar-refractivity contribution in [1.82, 2.24) is 4.90 Å². The summed E-state index contributed by atoms with van der Waals surface area (Å²) in [5, 5.41) is 4.33. The predicted molar refractivity (Wildman–Crippen MR) is 128 cm³/mol. The van der Waals surface area contributed by atoms with Gasteiger partial charge in [-0.05, 0) is 55.1 Å². The number of rotatable bonds is 5. The summed E-state index contributed by atoms with van der Waals surface area (Å²) in [6, 6.07) is 14.1. The summed E-state index contributed by atoms with van der Waals surface area (Å²) in [6.45, 7) is 7.14. The minimum absolute atomic E-state index is 0.192. The summed E-state index contributed by atoms with van der Waals surface area (Å²) >= 11 is 18.5. The van der Waals surface area contributed by atoms with Crippen LogP contribution in [0.1, 0.15) is 17.5 Å². The van der Waals surface area contributed by atoms with Crippen LogP contribution in [-0.4, -0.2) is 43.5 Å². The summed E-state index contributed by atoms with van der Waals surface area (Å²) in [7, 11) is 0. The second-order valence-electron chi connectivity index (χ2n) is 7.33. The van der Waals surface area contributed by atoms with Crippen molar-refractivity contribution >= 4 is 52.1 Å². The third-order valence-corrected chi connectivity index (χ3v) is 6.44. The monoisotopic (exact) mass is 477 g/mol. The van der Waals surface area contributed by atoms with Crippen molar-refractivity contribution in [2.75, 3.05) is 42.9 Å². The molecule has 0 radical (unpaired) electrons. The molecule has 162 valence electrons. The van der Waals surface area contributed by atoms with Crippen molar-refractivity contribution in [3.8, 4) is 11.3 Å². The van der Waals surface area contributed by atoms with Crippen LogP contribution < -0.4 is 10.2 Å². The minimum atomic E-state index is -0.355. The topological polar surface area (TPSA) is 48.7 Å². The van der Waals surface area contributed by atoms with E-state index in [0.717, 1.165) is 44.0 Å². The van der Waals surface area contributed by atoms with Gasteiger partial charge < -0.3 is 19.5 Å². The molecule has 0 atom stereocenters. The van der Waals surface area contributed by atoms with Crippen molar-refractivity contribution in [2.45, 2.75) is 6.92 Å². The van der Waals surface area contributed by atoms with Crippen LogP contribution in [0.25, 0.3) is 11.3 Å². The molecule has 1 amide bonds. The van der Waals surface area contributed by atoms with Crippen molar-refractivity contribution in [3.05, 3.63) is 69.4 Å². The Labute approximate surface area is 196 Å². The van der Waals surface area contributed by atoms with Crippen LogP contribution in [0.2, 0.25) is 15.1 Å². The minimum Gasteiger partial charge on any atom is -0.451 e. The van der Waals surface area contributed by atoms with E-state index in [1.807, 2.05) is 12.1 Å². The Kier molecular flexibility index (Phi) is 6.77. The Balaban J connectivity index is 1.44. The number of nitrogens with zero attached hydrogens (tertiary/aromatic N) is 2. The maximum atomic E-state index is 12.6. The number of anilines is 2. The van der Waals surface area contributed by atoms with E-state index in [9.17, 15) is 4.79 Å². The average Bonchev–Trinajstić information content (AvgIpc) is 3.26. The fourth-order valence-electron chi connectivity index (χ4n) is 3.60. The Morgan fingerprint density at radius 3 is 2.39 bits per heavy atom. The van der Waals surface area contributed by atoms with Gasteiger partial charge in [0, 0.05) is 37.4 Å². The molecular formula is C23H22Cl3N3O2. The molecule has 1 aliphatic rings. The van der Waals surface area contributed by atoms with Gasteiger partial charge in [0.25, 0.3) is 5.91 Å². The van der Waals surface area contributed by atoms with Crippen LogP contribution in [0.15, 0.2) is 52.9 Å². The zero-order valence-corrected chi connectivity index (χ0v) is 19.3. The molecule has 0 aliphatic carbocycles. The van der Waals surface area contributed by atoms with Gasteiger partial charge in [-0.15, -0.1) is 0 Å². The maximum absolute atomic E-state index is 12.6. The standard InChI is InChI=1S/C23H22Cl3N3O2/c1-2-28-9-11-29(12-10-28)20-6-4-16(14-19(20)26)27-23(30)22-8-7-21(31-22)15-3-5-17(24)18(25)13-15/h3-8,13-14H,2,9-12H2,1H3,(H,27,30). The van der Waals surface area contributed by atoms with Gasteiger partial charge in [-0.2, -0.15) is 0 Å².